The van der Waals surface area contributed by atoms with Gasteiger partial charge < -0.3 is 0 Å². The van der Waals surface area contributed by atoms with Crippen molar-refractivity contribution < 1.29 is 57.5 Å². The van der Waals surface area contributed by atoms with Crippen molar-refractivity contribution in [3.8, 4) is 0 Å². The second kappa shape index (κ2) is 21.8. The lowest BCUT2D eigenvalue weighted by Gasteiger charge is -2.07. The number of hydrogen-bond donors (Lipinski definition) is 0. The van der Waals surface area contributed by atoms with Gasteiger partial charge in [0.05, 0.1) is 22.3 Å². The van der Waals surface area contributed by atoms with Crippen LogP contribution < -0.4 is 0 Å². The highest BCUT2D eigenvalue weighted by atomic mass is 19.4. The Balaban J connectivity index is 1.19. The molecular formula is C59H38F12O. The van der Waals surface area contributed by atoms with Crippen molar-refractivity contribution in [1.29, 1.82) is 0 Å². The average Bonchev–Trinajstić information content (AvgIpc) is 3.34. The summed E-state index contributed by atoms with van der Waals surface area (Å²) in [6, 6.07) is 34.5. The van der Waals surface area contributed by atoms with Crippen LogP contribution in [0, 0.1) is 0 Å². The van der Waals surface area contributed by atoms with Crippen molar-refractivity contribution in [2.24, 2.45) is 0 Å². The molecule has 0 aliphatic carbocycles. The van der Waals surface area contributed by atoms with Crippen molar-refractivity contribution in [3.63, 3.8) is 0 Å². The lowest BCUT2D eigenvalue weighted by atomic mass is 10.00. The summed E-state index contributed by atoms with van der Waals surface area (Å²) in [4.78, 5) is 12.2. The Labute approximate surface area is 406 Å². The quantitative estimate of drug-likeness (QED) is 0.0639. The molecule has 0 atom stereocenters. The predicted molar refractivity (Wildman–Crippen MR) is 264 cm³/mol. The molecule has 7 aromatic rings. The SMILES string of the molecule is O=Cc1cc(/C=C/c2cc(/C=C/c3ccc(C(F)(F)F)cc3)cc(/C=C/c3ccc(C(F)(F)F)cc3)c2)cc(/C=C/c2cc(/C=C/c3ccc(C(F)(F)F)cc3)cc(/C=C/c3ccc(C(F)(F)F)cc3)c2)c1. The number of alkyl halides is 12. The van der Waals surface area contributed by atoms with Crippen LogP contribution in [-0.2, 0) is 24.7 Å². The number of benzene rings is 7. The molecule has 13 heteroatoms. The summed E-state index contributed by atoms with van der Waals surface area (Å²) < 4.78 is 158. The summed E-state index contributed by atoms with van der Waals surface area (Å²) >= 11 is 0. The molecule has 0 heterocycles. The van der Waals surface area contributed by atoms with Crippen LogP contribution in [-0.4, -0.2) is 6.29 Å². The minimum absolute atomic E-state index is 0.346. The van der Waals surface area contributed by atoms with Crippen LogP contribution in [0.15, 0.2) is 152 Å². The summed E-state index contributed by atoms with van der Waals surface area (Å²) in [5, 5.41) is 0. The maximum atomic E-state index is 13.2. The zero-order chi connectivity index (χ0) is 51.7. The first-order valence-electron chi connectivity index (χ1n) is 21.7. The van der Waals surface area contributed by atoms with Gasteiger partial charge in [0.25, 0.3) is 0 Å². The molecule has 0 fully saturated rings. The fourth-order valence-electron chi connectivity index (χ4n) is 7.23. The van der Waals surface area contributed by atoms with Gasteiger partial charge in [-0.3, -0.25) is 4.79 Å². The molecule has 0 saturated heterocycles. The Morgan fingerprint density at radius 2 is 0.347 bits per heavy atom. The number of carbonyl (C=O) groups is 1. The first-order chi connectivity index (χ1) is 34.0. The van der Waals surface area contributed by atoms with Crippen LogP contribution in [0.3, 0.4) is 0 Å². The molecule has 7 rings (SSSR count). The molecule has 0 bridgehead atoms. The Morgan fingerprint density at radius 3 is 0.486 bits per heavy atom. The smallest absolute Gasteiger partial charge is 0.298 e. The average molecular weight is 991 g/mol. The summed E-state index contributed by atoms with van der Waals surface area (Å²) in [5.74, 6) is 0. The van der Waals surface area contributed by atoms with Gasteiger partial charge in [0.15, 0.2) is 0 Å². The zero-order valence-electron chi connectivity index (χ0n) is 37.4. The van der Waals surface area contributed by atoms with Crippen molar-refractivity contribution in [1.82, 2.24) is 0 Å². The van der Waals surface area contributed by atoms with Crippen LogP contribution in [0.1, 0.15) is 99.4 Å². The van der Waals surface area contributed by atoms with Gasteiger partial charge in [-0.15, -0.1) is 0 Å². The zero-order valence-corrected chi connectivity index (χ0v) is 37.4. The van der Waals surface area contributed by atoms with Crippen molar-refractivity contribution in [2.45, 2.75) is 24.7 Å². The van der Waals surface area contributed by atoms with E-state index in [4.69, 9.17) is 0 Å². The van der Waals surface area contributed by atoms with Gasteiger partial charge >= 0.3 is 24.7 Å². The Hall–Kier alpha value is -8.19. The maximum absolute atomic E-state index is 13.2. The molecule has 0 aromatic heterocycles. The molecule has 0 amide bonds. The lowest BCUT2D eigenvalue weighted by Crippen LogP contribution is -2.03. The molecule has 0 aliphatic rings. The number of halogens is 12. The van der Waals surface area contributed by atoms with Crippen LogP contribution >= 0.6 is 0 Å². The summed E-state index contributed by atoms with van der Waals surface area (Å²) in [6.45, 7) is 0. The highest BCUT2D eigenvalue weighted by Gasteiger charge is 2.32. The Kier molecular flexibility index (Phi) is 15.7. The fourth-order valence-corrected chi connectivity index (χ4v) is 7.23. The predicted octanol–water partition coefficient (Wildman–Crippen LogP) is 18.6. The van der Waals surface area contributed by atoms with E-state index in [-0.39, 0.29) is 0 Å². The summed E-state index contributed by atoms with van der Waals surface area (Å²) in [6.07, 6.45) is 3.19. The van der Waals surface area contributed by atoms with Crippen LogP contribution in [0.5, 0.6) is 0 Å². The highest BCUT2D eigenvalue weighted by molar-refractivity contribution is 5.84. The van der Waals surface area contributed by atoms with E-state index in [9.17, 15) is 57.5 Å². The van der Waals surface area contributed by atoms with Gasteiger partial charge in [0, 0.05) is 5.56 Å². The van der Waals surface area contributed by atoms with Crippen LogP contribution in [0.2, 0.25) is 0 Å². The maximum Gasteiger partial charge on any atom is 0.416 e. The number of carbonyl (C=O) groups excluding carboxylic acids is 1. The number of hydrogen-bond acceptors (Lipinski definition) is 1. The van der Waals surface area contributed by atoms with Crippen LogP contribution in [0.4, 0.5) is 52.7 Å². The van der Waals surface area contributed by atoms with Gasteiger partial charge in [-0.25, -0.2) is 0 Å². The van der Waals surface area contributed by atoms with E-state index in [1.807, 2.05) is 30.3 Å². The molecule has 0 radical (unpaired) electrons. The Morgan fingerprint density at radius 1 is 0.208 bits per heavy atom. The molecule has 72 heavy (non-hydrogen) atoms. The minimum atomic E-state index is -4.50. The Bertz CT molecular complexity index is 2810. The van der Waals surface area contributed by atoms with Gasteiger partial charge in [-0.1, -0.05) is 121 Å². The van der Waals surface area contributed by atoms with E-state index in [1.165, 1.54) is 48.5 Å². The molecule has 0 N–H and O–H groups in total. The number of aldehydes is 1. The van der Waals surface area contributed by atoms with Gasteiger partial charge in [-0.2, -0.15) is 52.7 Å². The molecule has 0 saturated carbocycles. The monoisotopic (exact) mass is 990 g/mol. The molecular weight excluding hydrogens is 953 g/mol. The second-order valence-electron chi connectivity index (χ2n) is 16.4. The van der Waals surface area contributed by atoms with E-state index in [0.717, 1.165) is 48.5 Å². The standard InChI is InChI=1S/C59H38F12O/c60-56(61,62)52-21-13-39(14-22-52)1-5-43-29-44(6-2-40-15-23-53(24-16-40)57(63,64)65)32-47(31-43)9-11-49-35-50(37-51(36-49)38-72)12-10-48-33-45(7-3-41-17-25-54(26-18-41)58(66,67)68)30-46(34-48)8-4-42-19-27-55(28-20-42)59(69,70)71/h1-38H/b5-1+,6-2+,7-3+,8-4+,11-9+,12-10+. The van der Waals surface area contributed by atoms with Gasteiger partial charge in [0.1, 0.15) is 6.29 Å². The third kappa shape index (κ3) is 14.9. The van der Waals surface area contributed by atoms with E-state index in [0.29, 0.717) is 78.6 Å². The van der Waals surface area contributed by atoms with E-state index in [1.54, 1.807) is 97.2 Å². The third-order valence-electron chi connectivity index (χ3n) is 10.9. The number of rotatable bonds is 13. The molecule has 0 aliphatic heterocycles. The van der Waals surface area contributed by atoms with E-state index in [2.05, 4.69) is 0 Å². The van der Waals surface area contributed by atoms with Crippen molar-refractivity contribution in [3.05, 3.63) is 246 Å². The van der Waals surface area contributed by atoms with E-state index < -0.39 is 47.0 Å². The van der Waals surface area contributed by atoms with Crippen LogP contribution in [0.25, 0.3) is 72.9 Å². The summed E-state index contributed by atoms with van der Waals surface area (Å²) in [7, 11) is 0. The molecule has 364 valence electrons. The first kappa shape index (κ1) is 51.7. The molecule has 0 spiro atoms. The third-order valence-corrected chi connectivity index (χ3v) is 10.9. The first-order valence-corrected chi connectivity index (χ1v) is 21.7. The van der Waals surface area contributed by atoms with Crippen molar-refractivity contribution in [2.75, 3.05) is 0 Å². The van der Waals surface area contributed by atoms with Crippen molar-refractivity contribution >= 4 is 79.2 Å². The summed E-state index contributed by atoms with van der Waals surface area (Å²) in [5.41, 5.74) is 4.39. The van der Waals surface area contributed by atoms with Gasteiger partial charge in [-0.05, 0) is 170 Å². The molecule has 1 nitrogen and oxygen atoms in total. The minimum Gasteiger partial charge on any atom is -0.298 e. The van der Waals surface area contributed by atoms with Gasteiger partial charge in [0.2, 0.25) is 0 Å². The molecule has 0 unspecified atom stereocenters. The highest BCUT2D eigenvalue weighted by Crippen LogP contribution is 2.33. The largest absolute Gasteiger partial charge is 0.416 e. The van der Waals surface area contributed by atoms with E-state index >= 15 is 0 Å². The second-order valence-corrected chi connectivity index (χ2v) is 16.4. The molecule has 7 aromatic carbocycles. The topological polar surface area (TPSA) is 17.1 Å². The lowest BCUT2D eigenvalue weighted by molar-refractivity contribution is -0.138. The fraction of sp³-hybridized carbons (Fsp3) is 0.0678. The normalized spacial score (nSPS) is 13.0.